The molecule has 0 radical (unpaired) electrons. The Balaban J connectivity index is 1.55. The van der Waals surface area contributed by atoms with E-state index in [1.165, 1.54) is 62.3 Å². The third-order valence-electron chi connectivity index (χ3n) is 5.20. The summed E-state index contributed by atoms with van der Waals surface area (Å²) in [5, 5.41) is 4.25. The fourth-order valence-corrected chi connectivity index (χ4v) is 3.52. The fraction of sp³-hybridized carbons (Fsp3) is 0.609. The molecule has 0 aliphatic heterocycles. The summed E-state index contributed by atoms with van der Waals surface area (Å²) < 4.78 is 5.25. The number of hydrogen-bond donors (Lipinski definition) is 2. The molecule has 1 aromatic heterocycles. The molecule has 2 aromatic rings. The average molecular weight is 373 g/mol. The number of hydrogen-bond acceptors (Lipinski definition) is 2. The van der Waals surface area contributed by atoms with Gasteiger partial charge in [-0.15, -0.1) is 0 Å². The van der Waals surface area contributed by atoms with Gasteiger partial charge in [-0.3, -0.25) is 4.79 Å². The Kier molecular flexibility index (Phi) is 9.81. The number of ether oxygens (including phenoxy) is 1. The lowest BCUT2D eigenvalue weighted by molar-refractivity contribution is -0.121. The third-order valence-corrected chi connectivity index (χ3v) is 5.20. The second-order valence-electron chi connectivity index (χ2n) is 7.40. The van der Waals surface area contributed by atoms with Gasteiger partial charge in [0.1, 0.15) is 5.75 Å². The first kappa shape index (κ1) is 21.3. The maximum Gasteiger partial charge on any atom is 0.220 e. The molecule has 2 rings (SSSR count). The Labute approximate surface area is 164 Å². The molecule has 2 N–H and O–H groups in total. The zero-order valence-corrected chi connectivity index (χ0v) is 17.1. The van der Waals surface area contributed by atoms with E-state index in [9.17, 15) is 4.79 Å². The summed E-state index contributed by atoms with van der Waals surface area (Å²) >= 11 is 0. The van der Waals surface area contributed by atoms with Crippen LogP contribution in [0.25, 0.3) is 10.9 Å². The fourth-order valence-electron chi connectivity index (χ4n) is 3.52. The average Bonchev–Trinajstić information content (AvgIpc) is 3.09. The number of H-pyrrole nitrogens is 1. The van der Waals surface area contributed by atoms with Crippen molar-refractivity contribution in [1.82, 2.24) is 10.3 Å². The van der Waals surface area contributed by atoms with Gasteiger partial charge in [0, 0.05) is 36.1 Å². The predicted molar refractivity (Wildman–Crippen MR) is 113 cm³/mol. The van der Waals surface area contributed by atoms with Crippen molar-refractivity contribution in [3.8, 4) is 5.75 Å². The Morgan fingerprint density at radius 2 is 1.74 bits per heavy atom. The second-order valence-corrected chi connectivity index (χ2v) is 7.40. The van der Waals surface area contributed by atoms with E-state index in [1.807, 2.05) is 18.3 Å². The number of aromatic nitrogens is 1. The lowest BCUT2D eigenvalue weighted by Crippen LogP contribution is -2.25. The summed E-state index contributed by atoms with van der Waals surface area (Å²) in [5.74, 6) is 1.03. The van der Waals surface area contributed by atoms with Crippen molar-refractivity contribution in [1.29, 1.82) is 0 Å². The number of methoxy groups -OCH3 is 1. The molecular weight excluding hydrogens is 336 g/mol. The standard InChI is InChI=1S/C23H36N2O2/c1-3-4-5-6-7-8-9-10-11-12-23(26)24-16-15-19-18-25-22-17-20(27-2)13-14-21(19)22/h13-14,17-18,25H,3-12,15-16H2,1-2H3,(H,24,26). The quantitative estimate of drug-likeness (QED) is 0.414. The second kappa shape index (κ2) is 12.4. The molecule has 0 fully saturated rings. The molecule has 150 valence electrons. The van der Waals surface area contributed by atoms with Crippen LogP contribution in [-0.2, 0) is 11.2 Å². The first-order valence-corrected chi connectivity index (χ1v) is 10.6. The number of rotatable bonds is 14. The van der Waals surface area contributed by atoms with E-state index >= 15 is 0 Å². The van der Waals surface area contributed by atoms with Crippen LogP contribution in [0.2, 0.25) is 0 Å². The monoisotopic (exact) mass is 372 g/mol. The molecule has 1 aromatic carbocycles. The van der Waals surface area contributed by atoms with Gasteiger partial charge in [-0.2, -0.15) is 0 Å². The number of nitrogens with one attached hydrogen (secondary N) is 2. The van der Waals surface area contributed by atoms with E-state index in [0.717, 1.165) is 24.1 Å². The van der Waals surface area contributed by atoms with E-state index in [4.69, 9.17) is 4.74 Å². The van der Waals surface area contributed by atoms with Crippen LogP contribution in [0.5, 0.6) is 5.75 Å². The maximum atomic E-state index is 12.0. The molecule has 4 heteroatoms. The number of benzene rings is 1. The minimum absolute atomic E-state index is 0.180. The normalized spacial score (nSPS) is 11.0. The number of aromatic amines is 1. The molecule has 0 aliphatic carbocycles. The SMILES string of the molecule is CCCCCCCCCCCC(=O)NCCc1c[nH]c2cc(OC)ccc12. The summed E-state index contributed by atoms with van der Waals surface area (Å²) in [6.07, 6.45) is 15.1. The van der Waals surface area contributed by atoms with Gasteiger partial charge in [0.2, 0.25) is 5.91 Å². The van der Waals surface area contributed by atoms with Crippen LogP contribution in [0.3, 0.4) is 0 Å². The molecule has 0 saturated carbocycles. The largest absolute Gasteiger partial charge is 0.497 e. The number of carbonyl (C=O) groups excluding carboxylic acids is 1. The van der Waals surface area contributed by atoms with Crippen LogP contribution >= 0.6 is 0 Å². The summed E-state index contributed by atoms with van der Waals surface area (Å²) in [6.45, 7) is 2.94. The Bertz CT molecular complexity index is 678. The van der Waals surface area contributed by atoms with Crippen molar-refractivity contribution < 1.29 is 9.53 Å². The van der Waals surface area contributed by atoms with Gasteiger partial charge in [0.25, 0.3) is 0 Å². The van der Waals surface area contributed by atoms with E-state index < -0.39 is 0 Å². The lowest BCUT2D eigenvalue weighted by Gasteiger charge is -2.05. The highest BCUT2D eigenvalue weighted by atomic mass is 16.5. The van der Waals surface area contributed by atoms with Crippen LogP contribution in [0.15, 0.2) is 24.4 Å². The summed E-state index contributed by atoms with van der Waals surface area (Å²) in [6, 6.07) is 6.05. The van der Waals surface area contributed by atoms with Gasteiger partial charge in [0.05, 0.1) is 7.11 Å². The molecule has 4 nitrogen and oxygen atoms in total. The summed E-state index contributed by atoms with van der Waals surface area (Å²) in [4.78, 5) is 15.3. The van der Waals surface area contributed by atoms with Gasteiger partial charge in [-0.25, -0.2) is 0 Å². The van der Waals surface area contributed by atoms with E-state index in [0.29, 0.717) is 13.0 Å². The lowest BCUT2D eigenvalue weighted by atomic mass is 10.1. The Morgan fingerprint density at radius 1 is 1.04 bits per heavy atom. The zero-order valence-electron chi connectivity index (χ0n) is 17.1. The van der Waals surface area contributed by atoms with Crippen molar-refractivity contribution in [3.63, 3.8) is 0 Å². The van der Waals surface area contributed by atoms with Gasteiger partial charge >= 0.3 is 0 Å². The van der Waals surface area contributed by atoms with Crippen LogP contribution < -0.4 is 10.1 Å². The third kappa shape index (κ3) is 7.66. The Morgan fingerprint density at radius 3 is 2.44 bits per heavy atom. The van der Waals surface area contributed by atoms with Crippen molar-refractivity contribution >= 4 is 16.8 Å². The first-order chi connectivity index (χ1) is 13.2. The number of carbonyl (C=O) groups is 1. The van der Waals surface area contributed by atoms with E-state index in [2.05, 4.69) is 23.3 Å². The van der Waals surface area contributed by atoms with E-state index in [-0.39, 0.29) is 5.91 Å². The highest BCUT2D eigenvalue weighted by molar-refractivity contribution is 5.84. The molecule has 0 atom stereocenters. The molecule has 27 heavy (non-hydrogen) atoms. The zero-order chi connectivity index (χ0) is 19.3. The molecule has 0 saturated heterocycles. The molecule has 1 amide bonds. The van der Waals surface area contributed by atoms with Crippen molar-refractivity contribution in [3.05, 3.63) is 30.0 Å². The predicted octanol–water partition coefficient (Wildman–Crippen LogP) is 5.76. The number of amides is 1. The molecule has 0 spiro atoms. The van der Waals surface area contributed by atoms with Gasteiger partial charge in [-0.1, -0.05) is 58.3 Å². The van der Waals surface area contributed by atoms with Crippen molar-refractivity contribution in [2.24, 2.45) is 0 Å². The molecular formula is C23H36N2O2. The minimum atomic E-state index is 0.180. The minimum Gasteiger partial charge on any atom is -0.497 e. The van der Waals surface area contributed by atoms with Crippen LogP contribution in [0.4, 0.5) is 0 Å². The number of fused-ring (bicyclic) bond motifs is 1. The van der Waals surface area contributed by atoms with Gasteiger partial charge in [0.15, 0.2) is 0 Å². The van der Waals surface area contributed by atoms with Crippen molar-refractivity contribution in [2.75, 3.05) is 13.7 Å². The van der Waals surface area contributed by atoms with Crippen molar-refractivity contribution in [2.45, 2.75) is 77.6 Å². The summed E-state index contributed by atoms with van der Waals surface area (Å²) in [5.41, 5.74) is 2.31. The molecule has 1 heterocycles. The van der Waals surface area contributed by atoms with Crippen LogP contribution in [0.1, 0.15) is 76.7 Å². The summed E-state index contributed by atoms with van der Waals surface area (Å²) in [7, 11) is 1.67. The molecule has 0 aliphatic rings. The topological polar surface area (TPSA) is 54.1 Å². The number of unbranched alkanes of at least 4 members (excludes halogenated alkanes) is 8. The highest BCUT2D eigenvalue weighted by Gasteiger charge is 2.06. The highest BCUT2D eigenvalue weighted by Crippen LogP contribution is 2.23. The molecule has 0 bridgehead atoms. The van der Waals surface area contributed by atoms with E-state index in [1.54, 1.807) is 7.11 Å². The van der Waals surface area contributed by atoms with Gasteiger partial charge < -0.3 is 15.0 Å². The first-order valence-electron chi connectivity index (χ1n) is 10.6. The Hall–Kier alpha value is -1.97. The van der Waals surface area contributed by atoms with Gasteiger partial charge in [-0.05, 0) is 30.5 Å². The maximum absolute atomic E-state index is 12.0. The molecule has 0 unspecified atom stereocenters. The van der Waals surface area contributed by atoms with Crippen LogP contribution in [-0.4, -0.2) is 24.5 Å². The smallest absolute Gasteiger partial charge is 0.220 e. The van der Waals surface area contributed by atoms with Crippen LogP contribution in [0, 0.1) is 0 Å².